The normalized spacial score (nSPS) is 34.3. The van der Waals surface area contributed by atoms with Gasteiger partial charge < -0.3 is 28.8 Å². The van der Waals surface area contributed by atoms with E-state index < -0.39 is 29.9 Å². The Morgan fingerprint density at radius 1 is 0.952 bits per heavy atom. The Morgan fingerprint density at radius 3 is 1.81 bits per heavy atom. The third kappa shape index (κ3) is 4.37. The van der Waals surface area contributed by atoms with E-state index in [4.69, 9.17) is 23.7 Å². The van der Waals surface area contributed by atoms with E-state index in [1.807, 2.05) is 41.5 Å². The zero-order chi connectivity index (χ0) is 15.8. The van der Waals surface area contributed by atoms with Crippen LogP contribution in [0.5, 0.6) is 0 Å². The van der Waals surface area contributed by atoms with E-state index in [0.717, 1.165) is 0 Å². The van der Waals surface area contributed by atoms with Crippen LogP contribution in [-0.4, -0.2) is 60.4 Å². The van der Waals surface area contributed by atoms with E-state index in [0.29, 0.717) is 13.2 Å². The molecular weight excluding hydrogens is 276 g/mol. The second kappa shape index (κ2) is 6.10. The molecule has 0 aromatic heterocycles. The summed E-state index contributed by atoms with van der Waals surface area (Å²) >= 11 is 0. The molecule has 124 valence electrons. The summed E-state index contributed by atoms with van der Waals surface area (Å²) in [4.78, 5) is 0. The van der Waals surface area contributed by atoms with Gasteiger partial charge in [-0.1, -0.05) is 0 Å². The first-order valence-electron chi connectivity index (χ1n) is 7.57. The van der Waals surface area contributed by atoms with Crippen LogP contribution in [0.3, 0.4) is 0 Å². The largest absolute Gasteiger partial charge is 0.387 e. The molecule has 6 nitrogen and oxygen atoms in total. The van der Waals surface area contributed by atoms with Crippen LogP contribution in [0.15, 0.2) is 0 Å². The number of aliphatic hydroxyl groups excluding tert-OH is 1. The summed E-state index contributed by atoms with van der Waals surface area (Å²) < 4.78 is 28.6. The lowest BCUT2D eigenvalue weighted by molar-refractivity contribution is -0.199. The van der Waals surface area contributed by atoms with Crippen molar-refractivity contribution < 1.29 is 28.8 Å². The zero-order valence-corrected chi connectivity index (χ0v) is 13.8. The van der Waals surface area contributed by atoms with Crippen molar-refractivity contribution in [3.05, 3.63) is 0 Å². The van der Waals surface area contributed by atoms with E-state index in [2.05, 4.69) is 0 Å². The van der Waals surface area contributed by atoms with Gasteiger partial charge in [0.2, 0.25) is 0 Å². The molecule has 0 bridgehead atoms. The van der Waals surface area contributed by atoms with Crippen LogP contribution in [0.1, 0.15) is 41.5 Å². The smallest absolute Gasteiger partial charge is 0.163 e. The van der Waals surface area contributed by atoms with Gasteiger partial charge in [-0.25, -0.2) is 0 Å². The van der Waals surface area contributed by atoms with E-state index in [-0.39, 0.29) is 12.2 Å². The molecule has 2 saturated heterocycles. The van der Waals surface area contributed by atoms with Gasteiger partial charge in [-0.05, 0) is 41.5 Å². The first kappa shape index (κ1) is 17.1. The lowest BCUT2D eigenvalue weighted by Gasteiger charge is -2.32. The second-order valence-corrected chi connectivity index (χ2v) is 6.87. The Balaban J connectivity index is 2.05. The number of hydrogen-bond donors (Lipinski definition) is 1. The van der Waals surface area contributed by atoms with Crippen LogP contribution in [0, 0.1) is 0 Å². The molecule has 0 aromatic rings. The Hall–Kier alpha value is -0.240. The van der Waals surface area contributed by atoms with Gasteiger partial charge in [0.1, 0.15) is 24.4 Å². The lowest BCUT2D eigenvalue weighted by atomic mass is 10.0. The van der Waals surface area contributed by atoms with Crippen LogP contribution < -0.4 is 0 Å². The van der Waals surface area contributed by atoms with Gasteiger partial charge in [-0.2, -0.15) is 0 Å². The first-order valence-corrected chi connectivity index (χ1v) is 7.57. The summed E-state index contributed by atoms with van der Waals surface area (Å²) in [5.74, 6) is -1.34. The zero-order valence-electron chi connectivity index (χ0n) is 13.8. The van der Waals surface area contributed by atoms with Gasteiger partial charge in [0.25, 0.3) is 0 Å². The highest BCUT2D eigenvalue weighted by Crippen LogP contribution is 2.31. The van der Waals surface area contributed by atoms with Gasteiger partial charge in [-0.15, -0.1) is 0 Å². The number of hydrogen-bond acceptors (Lipinski definition) is 6. The molecule has 4 atom stereocenters. The Morgan fingerprint density at radius 2 is 1.43 bits per heavy atom. The summed E-state index contributed by atoms with van der Waals surface area (Å²) in [6.07, 6.45) is -2.15. The highest BCUT2D eigenvalue weighted by atomic mass is 16.8. The fourth-order valence-corrected chi connectivity index (χ4v) is 2.67. The van der Waals surface area contributed by atoms with E-state index in [9.17, 15) is 5.11 Å². The second-order valence-electron chi connectivity index (χ2n) is 6.87. The van der Waals surface area contributed by atoms with Gasteiger partial charge >= 0.3 is 0 Å². The summed E-state index contributed by atoms with van der Waals surface area (Å²) in [5, 5.41) is 10.7. The third-order valence-electron chi connectivity index (χ3n) is 3.57. The minimum Gasteiger partial charge on any atom is -0.387 e. The highest BCUT2D eigenvalue weighted by Gasteiger charge is 2.46. The van der Waals surface area contributed by atoms with Crippen molar-refractivity contribution in [2.75, 3.05) is 13.2 Å². The Bertz CT molecular complexity index is 354. The molecular formula is C15H28O6. The van der Waals surface area contributed by atoms with Gasteiger partial charge in [0, 0.05) is 0 Å². The van der Waals surface area contributed by atoms with Crippen molar-refractivity contribution in [1.29, 1.82) is 0 Å². The monoisotopic (exact) mass is 304 g/mol. The van der Waals surface area contributed by atoms with Crippen molar-refractivity contribution in [1.82, 2.24) is 0 Å². The van der Waals surface area contributed by atoms with E-state index in [1.165, 1.54) is 0 Å². The van der Waals surface area contributed by atoms with Crippen LogP contribution in [0.2, 0.25) is 0 Å². The van der Waals surface area contributed by atoms with Crippen molar-refractivity contribution in [3.8, 4) is 0 Å². The number of rotatable bonds is 5. The highest BCUT2D eigenvalue weighted by molar-refractivity contribution is 4.90. The molecule has 0 radical (unpaired) electrons. The summed E-state index contributed by atoms with van der Waals surface area (Å²) in [6.45, 7) is 11.9. The molecule has 6 heteroatoms. The predicted octanol–water partition coefficient (Wildman–Crippen LogP) is 1.44. The molecule has 0 saturated carbocycles. The summed E-state index contributed by atoms with van der Waals surface area (Å²) in [6, 6.07) is 0. The Kier molecular flexibility index (Phi) is 4.97. The SMILES string of the molecule is CC(C)O[C@H]([C@@H](O)[C@@H]1COC(C)(C)O1)[C@@H]1COC(C)(C)O1. The summed E-state index contributed by atoms with van der Waals surface area (Å²) in [7, 11) is 0. The van der Waals surface area contributed by atoms with E-state index >= 15 is 0 Å². The molecule has 2 heterocycles. The quantitative estimate of drug-likeness (QED) is 0.829. The Labute approximate surface area is 126 Å². The average Bonchev–Trinajstić information content (AvgIpc) is 2.87. The third-order valence-corrected chi connectivity index (χ3v) is 3.57. The number of aliphatic hydroxyl groups is 1. The molecule has 0 aromatic carbocycles. The average molecular weight is 304 g/mol. The van der Waals surface area contributed by atoms with Crippen LogP contribution in [-0.2, 0) is 23.7 Å². The lowest BCUT2D eigenvalue weighted by Crippen LogP contribution is -2.49. The maximum absolute atomic E-state index is 10.7. The number of ether oxygens (including phenoxy) is 5. The molecule has 0 aliphatic carbocycles. The minimum atomic E-state index is -0.836. The fraction of sp³-hybridized carbons (Fsp3) is 1.00. The minimum absolute atomic E-state index is 0.0349. The molecule has 0 unspecified atom stereocenters. The van der Waals surface area contributed by atoms with Gasteiger partial charge in [0.05, 0.1) is 19.3 Å². The molecule has 2 fully saturated rings. The van der Waals surface area contributed by atoms with Crippen molar-refractivity contribution >= 4 is 0 Å². The topological polar surface area (TPSA) is 66.4 Å². The summed E-state index contributed by atoms with van der Waals surface area (Å²) in [5.41, 5.74) is 0. The molecule has 2 rings (SSSR count). The van der Waals surface area contributed by atoms with Gasteiger partial charge in [-0.3, -0.25) is 0 Å². The maximum atomic E-state index is 10.7. The fourth-order valence-electron chi connectivity index (χ4n) is 2.67. The molecule has 2 aliphatic rings. The molecule has 0 amide bonds. The van der Waals surface area contributed by atoms with Gasteiger partial charge in [0.15, 0.2) is 11.6 Å². The first-order chi connectivity index (χ1) is 9.60. The van der Waals surface area contributed by atoms with E-state index in [1.54, 1.807) is 0 Å². The molecule has 21 heavy (non-hydrogen) atoms. The molecule has 1 N–H and O–H groups in total. The standard InChI is InChI=1S/C15H28O6/c1-9(2)19-13(11-8-18-15(5,6)21-11)12(16)10-7-17-14(3,4)20-10/h9-13,16H,7-8H2,1-6H3/t10-,11-,12-,13-/m0/s1. The van der Waals surface area contributed by atoms with Crippen molar-refractivity contribution in [3.63, 3.8) is 0 Å². The van der Waals surface area contributed by atoms with Crippen LogP contribution in [0.4, 0.5) is 0 Å². The van der Waals surface area contributed by atoms with Crippen LogP contribution >= 0.6 is 0 Å². The van der Waals surface area contributed by atoms with Crippen LogP contribution in [0.25, 0.3) is 0 Å². The predicted molar refractivity (Wildman–Crippen MR) is 75.8 cm³/mol. The molecule has 2 aliphatic heterocycles. The molecule has 0 spiro atoms. The maximum Gasteiger partial charge on any atom is 0.163 e. The van der Waals surface area contributed by atoms with Crippen molar-refractivity contribution in [2.24, 2.45) is 0 Å². The van der Waals surface area contributed by atoms with Crippen molar-refractivity contribution in [2.45, 2.75) is 83.6 Å².